The molecule has 2 atom stereocenters. The lowest BCUT2D eigenvalue weighted by Crippen LogP contribution is -2.32. The highest BCUT2D eigenvalue weighted by Gasteiger charge is 2.40. The number of aromatic nitrogens is 3. The minimum Gasteiger partial charge on any atom is -0.480 e. The van der Waals surface area contributed by atoms with Crippen LogP contribution < -0.4 is 10.1 Å². The minimum absolute atomic E-state index is 0.160. The van der Waals surface area contributed by atoms with Crippen LogP contribution in [0.5, 0.6) is 5.75 Å². The Kier molecular flexibility index (Phi) is 4.11. The van der Waals surface area contributed by atoms with Crippen molar-refractivity contribution in [2.24, 2.45) is 0 Å². The summed E-state index contributed by atoms with van der Waals surface area (Å²) in [4.78, 5) is 4.47. The minimum atomic E-state index is -0.320. The molecule has 0 radical (unpaired) electrons. The maximum Gasteiger partial charge on any atom is 0.226 e. The van der Waals surface area contributed by atoms with Gasteiger partial charge in [-0.25, -0.2) is 4.68 Å². The van der Waals surface area contributed by atoms with Crippen LogP contribution in [0.15, 0.2) is 84.7 Å². The van der Waals surface area contributed by atoms with E-state index in [4.69, 9.17) is 16.3 Å². The SMILES string of the molecule is Cc1ccc([C@@H]2C3=C(Nc4ncnn42)c2ccccc2O[C@H]3c2cccc(Cl)c2)cc1. The number of hydrogen-bond acceptors (Lipinski definition) is 4. The maximum absolute atomic E-state index is 6.59. The first-order valence-corrected chi connectivity index (χ1v) is 10.6. The van der Waals surface area contributed by atoms with E-state index in [1.807, 2.05) is 41.1 Å². The van der Waals surface area contributed by atoms with Gasteiger partial charge in [-0.05, 0) is 42.3 Å². The molecule has 31 heavy (non-hydrogen) atoms. The molecule has 4 aromatic rings. The number of hydrogen-bond donors (Lipinski definition) is 1. The van der Waals surface area contributed by atoms with Crippen LogP contribution in [0.4, 0.5) is 5.95 Å². The summed E-state index contributed by atoms with van der Waals surface area (Å²) >= 11 is 6.36. The van der Waals surface area contributed by atoms with Crippen molar-refractivity contribution in [3.63, 3.8) is 0 Å². The summed E-state index contributed by atoms with van der Waals surface area (Å²) in [5, 5.41) is 8.75. The summed E-state index contributed by atoms with van der Waals surface area (Å²) in [5.74, 6) is 1.54. The van der Waals surface area contributed by atoms with Crippen LogP contribution in [0, 0.1) is 6.92 Å². The molecule has 0 amide bonds. The monoisotopic (exact) mass is 426 g/mol. The highest BCUT2D eigenvalue weighted by molar-refractivity contribution is 6.30. The summed E-state index contributed by atoms with van der Waals surface area (Å²) in [6.45, 7) is 2.09. The van der Waals surface area contributed by atoms with Crippen LogP contribution in [0.25, 0.3) is 5.70 Å². The molecule has 1 N–H and O–H groups in total. The van der Waals surface area contributed by atoms with Gasteiger partial charge in [0.1, 0.15) is 24.2 Å². The summed E-state index contributed by atoms with van der Waals surface area (Å²) in [5.41, 5.74) is 6.45. The fourth-order valence-corrected chi connectivity index (χ4v) is 4.63. The molecule has 0 unspecified atom stereocenters. The van der Waals surface area contributed by atoms with Crippen LogP contribution in [-0.2, 0) is 0 Å². The molecule has 6 rings (SSSR count). The number of nitrogens with one attached hydrogen (secondary N) is 1. The van der Waals surface area contributed by atoms with Gasteiger partial charge in [-0.2, -0.15) is 10.1 Å². The molecule has 2 aliphatic heterocycles. The Morgan fingerprint density at radius 3 is 2.65 bits per heavy atom. The molecular formula is C25H19ClN4O. The van der Waals surface area contributed by atoms with Crippen molar-refractivity contribution in [1.29, 1.82) is 0 Å². The Labute approximate surface area is 185 Å². The summed E-state index contributed by atoms with van der Waals surface area (Å²) in [6.07, 6.45) is 1.27. The normalized spacial score (nSPS) is 19.0. The molecule has 0 aliphatic carbocycles. The first kappa shape index (κ1) is 18.2. The van der Waals surface area contributed by atoms with E-state index in [0.29, 0.717) is 11.0 Å². The fraction of sp³-hybridized carbons (Fsp3) is 0.120. The van der Waals surface area contributed by atoms with E-state index in [0.717, 1.165) is 33.7 Å². The molecule has 0 fully saturated rings. The predicted octanol–water partition coefficient (Wildman–Crippen LogP) is 5.80. The summed E-state index contributed by atoms with van der Waals surface area (Å²) in [7, 11) is 0. The van der Waals surface area contributed by atoms with Crippen molar-refractivity contribution in [3.8, 4) is 5.75 Å². The Balaban J connectivity index is 1.63. The van der Waals surface area contributed by atoms with Crippen LogP contribution in [0.1, 0.15) is 34.4 Å². The molecule has 2 aliphatic rings. The Morgan fingerprint density at radius 1 is 0.968 bits per heavy atom. The van der Waals surface area contributed by atoms with E-state index < -0.39 is 0 Å². The Hall–Kier alpha value is -3.57. The zero-order chi connectivity index (χ0) is 20.9. The van der Waals surface area contributed by atoms with Crippen molar-refractivity contribution in [2.45, 2.75) is 19.1 Å². The summed E-state index contributed by atoms with van der Waals surface area (Å²) < 4.78 is 8.52. The van der Waals surface area contributed by atoms with Gasteiger partial charge in [0.25, 0.3) is 0 Å². The number of fused-ring (bicyclic) bond motifs is 3. The molecule has 6 heteroatoms. The third-order valence-corrected chi connectivity index (χ3v) is 6.10. The highest BCUT2D eigenvalue weighted by Crippen LogP contribution is 2.50. The first-order valence-electron chi connectivity index (χ1n) is 10.2. The predicted molar refractivity (Wildman–Crippen MR) is 121 cm³/mol. The lowest BCUT2D eigenvalue weighted by molar-refractivity contribution is 0.223. The van der Waals surface area contributed by atoms with Crippen molar-refractivity contribution in [3.05, 3.63) is 112 Å². The molecule has 0 bridgehead atoms. The van der Waals surface area contributed by atoms with Crippen LogP contribution in [-0.4, -0.2) is 14.8 Å². The molecule has 3 heterocycles. The number of ether oxygens (including phenoxy) is 1. The maximum atomic E-state index is 6.59. The number of halogens is 1. The number of aryl methyl sites for hydroxylation is 1. The van der Waals surface area contributed by atoms with E-state index in [9.17, 15) is 0 Å². The molecule has 0 saturated carbocycles. The van der Waals surface area contributed by atoms with E-state index >= 15 is 0 Å². The number of rotatable bonds is 2. The van der Waals surface area contributed by atoms with E-state index in [1.54, 1.807) is 6.33 Å². The smallest absolute Gasteiger partial charge is 0.226 e. The van der Waals surface area contributed by atoms with Gasteiger partial charge in [0, 0.05) is 16.2 Å². The van der Waals surface area contributed by atoms with Crippen LogP contribution in [0.3, 0.4) is 0 Å². The second kappa shape index (κ2) is 7.00. The zero-order valence-electron chi connectivity index (χ0n) is 16.8. The standard InChI is InChI=1S/C25H19ClN4O/c1-15-9-11-16(12-10-15)23-21-22(29-25-27-14-28-30(23)25)19-7-2-3-8-20(19)31-24(21)17-5-4-6-18(26)13-17/h2-14,23-24H,1H3,(H,27,28,29)/t23-,24+/m1/s1. The Bertz CT molecular complexity index is 1330. The van der Waals surface area contributed by atoms with E-state index in [2.05, 4.69) is 58.7 Å². The van der Waals surface area contributed by atoms with Crippen molar-refractivity contribution in [2.75, 3.05) is 5.32 Å². The lowest BCUT2D eigenvalue weighted by Gasteiger charge is -2.39. The van der Waals surface area contributed by atoms with Gasteiger partial charge in [-0.1, -0.05) is 65.7 Å². The molecule has 152 valence electrons. The lowest BCUT2D eigenvalue weighted by atomic mass is 9.84. The van der Waals surface area contributed by atoms with Gasteiger partial charge in [0.15, 0.2) is 0 Å². The molecule has 0 spiro atoms. The van der Waals surface area contributed by atoms with Gasteiger partial charge >= 0.3 is 0 Å². The third kappa shape index (κ3) is 2.93. The summed E-state index contributed by atoms with van der Waals surface area (Å²) in [6, 6.07) is 24.3. The molecule has 3 aromatic carbocycles. The van der Waals surface area contributed by atoms with Gasteiger partial charge in [0.2, 0.25) is 5.95 Å². The van der Waals surface area contributed by atoms with Gasteiger partial charge in [-0.15, -0.1) is 0 Å². The highest BCUT2D eigenvalue weighted by atomic mass is 35.5. The molecule has 5 nitrogen and oxygen atoms in total. The molecule has 1 aromatic heterocycles. The Morgan fingerprint density at radius 2 is 1.81 bits per heavy atom. The molecular weight excluding hydrogens is 408 g/mol. The van der Waals surface area contributed by atoms with Crippen molar-refractivity contribution >= 4 is 23.2 Å². The van der Waals surface area contributed by atoms with Gasteiger partial charge in [0.05, 0.1) is 5.70 Å². The van der Waals surface area contributed by atoms with Gasteiger partial charge in [-0.3, -0.25) is 0 Å². The quantitative estimate of drug-likeness (QED) is 0.440. The second-order valence-corrected chi connectivity index (χ2v) is 8.28. The number of para-hydroxylation sites is 1. The first-order chi connectivity index (χ1) is 15.2. The molecule has 0 saturated heterocycles. The largest absolute Gasteiger partial charge is 0.480 e. The third-order valence-electron chi connectivity index (χ3n) is 5.87. The zero-order valence-corrected chi connectivity index (χ0v) is 17.5. The number of anilines is 1. The average Bonchev–Trinajstić information content (AvgIpc) is 3.26. The second-order valence-electron chi connectivity index (χ2n) is 7.85. The van der Waals surface area contributed by atoms with Crippen LogP contribution in [0.2, 0.25) is 5.02 Å². The van der Waals surface area contributed by atoms with Gasteiger partial charge < -0.3 is 10.1 Å². The fourth-order valence-electron chi connectivity index (χ4n) is 4.43. The number of nitrogens with zero attached hydrogens (tertiary/aromatic N) is 3. The van der Waals surface area contributed by atoms with E-state index in [1.165, 1.54) is 5.56 Å². The number of benzene rings is 3. The average molecular weight is 427 g/mol. The van der Waals surface area contributed by atoms with Crippen molar-refractivity contribution in [1.82, 2.24) is 14.8 Å². The van der Waals surface area contributed by atoms with Crippen molar-refractivity contribution < 1.29 is 4.74 Å². The van der Waals surface area contributed by atoms with E-state index in [-0.39, 0.29) is 12.1 Å². The van der Waals surface area contributed by atoms with Crippen LogP contribution >= 0.6 is 11.6 Å². The topological polar surface area (TPSA) is 52.0 Å².